The van der Waals surface area contributed by atoms with E-state index in [2.05, 4.69) is 15.0 Å². The second-order valence-corrected chi connectivity index (χ2v) is 5.43. The van der Waals surface area contributed by atoms with E-state index in [0.29, 0.717) is 13.1 Å². The van der Waals surface area contributed by atoms with Gasteiger partial charge in [-0.2, -0.15) is 0 Å². The number of nitrogens with zero attached hydrogens (tertiary/aromatic N) is 1. The highest BCUT2D eigenvalue weighted by Gasteiger charge is 2.05. The molecule has 90 valence electrons. The van der Waals surface area contributed by atoms with Crippen LogP contribution in [0, 0.1) is 0 Å². The van der Waals surface area contributed by atoms with E-state index in [1.807, 2.05) is 25.1 Å². The molecule has 0 aromatic carbocycles. The van der Waals surface area contributed by atoms with Crippen LogP contribution in [0.5, 0.6) is 0 Å². The third-order valence-electron chi connectivity index (χ3n) is 2.07. The fourth-order valence-corrected chi connectivity index (χ4v) is 1.73. The maximum absolute atomic E-state index is 10.8. The van der Waals surface area contributed by atoms with Gasteiger partial charge in [0.25, 0.3) is 0 Å². The molecule has 16 heavy (non-hydrogen) atoms. The lowest BCUT2D eigenvalue weighted by Gasteiger charge is -2.12. The first-order chi connectivity index (χ1) is 7.49. The lowest BCUT2D eigenvalue weighted by Crippen LogP contribution is -2.32. The number of sulfonamides is 1. The molecule has 1 unspecified atom stereocenters. The largest absolute Gasteiger partial charge is 0.308 e. The summed E-state index contributed by atoms with van der Waals surface area (Å²) in [4.78, 5) is 4.20. The van der Waals surface area contributed by atoms with Gasteiger partial charge in [-0.3, -0.25) is 4.98 Å². The molecule has 1 atom stereocenters. The first-order valence-corrected chi connectivity index (χ1v) is 6.97. The van der Waals surface area contributed by atoms with E-state index in [-0.39, 0.29) is 6.04 Å². The summed E-state index contributed by atoms with van der Waals surface area (Å²) in [7, 11) is -3.09. The van der Waals surface area contributed by atoms with Gasteiger partial charge in [0.15, 0.2) is 0 Å². The van der Waals surface area contributed by atoms with E-state index >= 15 is 0 Å². The Morgan fingerprint density at radius 1 is 1.38 bits per heavy atom. The number of hydrogen-bond acceptors (Lipinski definition) is 4. The number of pyridine rings is 1. The molecular formula is C10H17N3O2S. The van der Waals surface area contributed by atoms with Crippen molar-refractivity contribution < 1.29 is 8.42 Å². The van der Waals surface area contributed by atoms with Crippen LogP contribution in [0.15, 0.2) is 24.4 Å². The Morgan fingerprint density at radius 2 is 2.12 bits per heavy atom. The molecule has 0 aliphatic heterocycles. The maximum Gasteiger partial charge on any atom is 0.208 e. The molecule has 0 bridgehead atoms. The third-order valence-corrected chi connectivity index (χ3v) is 2.80. The molecule has 2 N–H and O–H groups in total. The third kappa shape index (κ3) is 5.20. The predicted molar refractivity (Wildman–Crippen MR) is 63.5 cm³/mol. The van der Waals surface area contributed by atoms with Crippen molar-refractivity contribution in [1.29, 1.82) is 0 Å². The maximum atomic E-state index is 10.8. The summed E-state index contributed by atoms with van der Waals surface area (Å²) in [6, 6.07) is 5.83. The minimum Gasteiger partial charge on any atom is -0.308 e. The Morgan fingerprint density at radius 3 is 2.69 bits per heavy atom. The van der Waals surface area contributed by atoms with Gasteiger partial charge in [-0.15, -0.1) is 0 Å². The monoisotopic (exact) mass is 243 g/mol. The van der Waals surface area contributed by atoms with E-state index in [1.54, 1.807) is 6.20 Å². The fourth-order valence-electron chi connectivity index (χ4n) is 1.26. The molecule has 0 fully saturated rings. The normalized spacial score (nSPS) is 13.6. The van der Waals surface area contributed by atoms with Gasteiger partial charge in [0.1, 0.15) is 0 Å². The number of aromatic nitrogens is 1. The first kappa shape index (κ1) is 13.1. The smallest absolute Gasteiger partial charge is 0.208 e. The molecule has 1 rings (SSSR count). The van der Waals surface area contributed by atoms with Crippen LogP contribution in [0.25, 0.3) is 0 Å². The highest BCUT2D eigenvalue weighted by atomic mass is 32.2. The summed E-state index contributed by atoms with van der Waals surface area (Å²) in [6.45, 7) is 2.95. The average molecular weight is 243 g/mol. The van der Waals surface area contributed by atoms with Crippen molar-refractivity contribution in [1.82, 2.24) is 15.0 Å². The zero-order valence-electron chi connectivity index (χ0n) is 9.47. The van der Waals surface area contributed by atoms with E-state index in [0.717, 1.165) is 11.9 Å². The standard InChI is InChI=1S/C10H17N3O2S/c1-9(10-5-3-4-6-12-10)11-7-8-13-16(2,14)15/h3-6,9,11,13H,7-8H2,1-2H3. The van der Waals surface area contributed by atoms with Crippen LogP contribution in [0.2, 0.25) is 0 Å². The van der Waals surface area contributed by atoms with E-state index in [9.17, 15) is 8.42 Å². The van der Waals surface area contributed by atoms with E-state index in [4.69, 9.17) is 0 Å². The average Bonchev–Trinajstić information content (AvgIpc) is 2.24. The quantitative estimate of drug-likeness (QED) is 0.704. The molecule has 0 radical (unpaired) electrons. The fraction of sp³-hybridized carbons (Fsp3) is 0.500. The van der Waals surface area contributed by atoms with Gasteiger partial charge >= 0.3 is 0 Å². The van der Waals surface area contributed by atoms with E-state index in [1.165, 1.54) is 0 Å². The van der Waals surface area contributed by atoms with Crippen LogP contribution in [-0.2, 0) is 10.0 Å². The van der Waals surface area contributed by atoms with Crippen molar-refractivity contribution in [2.45, 2.75) is 13.0 Å². The van der Waals surface area contributed by atoms with Gasteiger partial charge in [0.05, 0.1) is 11.9 Å². The van der Waals surface area contributed by atoms with Crippen LogP contribution in [0.1, 0.15) is 18.7 Å². The highest BCUT2D eigenvalue weighted by molar-refractivity contribution is 7.88. The van der Waals surface area contributed by atoms with Crippen LogP contribution < -0.4 is 10.0 Å². The topological polar surface area (TPSA) is 71.1 Å². The molecule has 0 spiro atoms. The van der Waals surface area contributed by atoms with Crippen LogP contribution in [-0.4, -0.2) is 32.7 Å². The van der Waals surface area contributed by atoms with Gasteiger partial charge in [-0.1, -0.05) is 6.07 Å². The van der Waals surface area contributed by atoms with Gasteiger partial charge in [-0.05, 0) is 19.1 Å². The summed E-state index contributed by atoms with van der Waals surface area (Å²) >= 11 is 0. The van der Waals surface area contributed by atoms with Crippen molar-refractivity contribution >= 4 is 10.0 Å². The molecule has 5 nitrogen and oxygen atoms in total. The van der Waals surface area contributed by atoms with Gasteiger partial charge in [0.2, 0.25) is 10.0 Å². The Bertz CT molecular complexity index is 405. The Hall–Kier alpha value is -0.980. The molecule has 1 aromatic heterocycles. The summed E-state index contributed by atoms with van der Waals surface area (Å²) < 4.78 is 24.0. The summed E-state index contributed by atoms with van der Waals surface area (Å²) in [6.07, 6.45) is 2.89. The van der Waals surface area contributed by atoms with Crippen LogP contribution in [0.4, 0.5) is 0 Å². The molecule has 0 saturated heterocycles. The summed E-state index contributed by atoms with van der Waals surface area (Å²) in [5.74, 6) is 0. The molecule has 0 aliphatic carbocycles. The summed E-state index contributed by atoms with van der Waals surface area (Å²) in [5.41, 5.74) is 0.946. The van der Waals surface area contributed by atoms with Crippen molar-refractivity contribution in [2.24, 2.45) is 0 Å². The molecule has 0 amide bonds. The van der Waals surface area contributed by atoms with Crippen molar-refractivity contribution in [3.8, 4) is 0 Å². The van der Waals surface area contributed by atoms with Crippen LogP contribution in [0.3, 0.4) is 0 Å². The molecule has 1 heterocycles. The minimum absolute atomic E-state index is 0.113. The Balaban J connectivity index is 2.29. The van der Waals surface area contributed by atoms with Crippen molar-refractivity contribution in [3.05, 3.63) is 30.1 Å². The zero-order chi connectivity index (χ0) is 12.0. The second kappa shape index (κ2) is 5.93. The van der Waals surface area contributed by atoms with Crippen LogP contribution >= 0.6 is 0 Å². The molecule has 0 aliphatic rings. The van der Waals surface area contributed by atoms with Gasteiger partial charge in [-0.25, -0.2) is 13.1 Å². The van der Waals surface area contributed by atoms with Crippen molar-refractivity contribution in [2.75, 3.05) is 19.3 Å². The number of nitrogens with one attached hydrogen (secondary N) is 2. The number of hydrogen-bond donors (Lipinski definition) is 2. The highest BCUT2D eigenvalue weighted by Crippen LogP contribution is 2.06. The second-order valence-electron chi connectivity index (χ2n) is 3.60. The summed E-state index contributed by atoms with van der Waals surface area (Å²) in [5, 5.41) is 3.18. The zero-order valence-corrected chi connectivity index (χ0v) is 10.3. The molecule has 0 saturated carbocycles. The molecule has 6 heteroatoms. The number of rotatable bonds is 6. The Labute approximate surface area is 96.3 Å². The van der Waals surface area contributed by atoms with Gasteiger partial charge in [0, 0.05) is 25.3 Å². The van der Waals surface area contributed by atoms with Gasteiger partial charge < -0.3 is 5.32 Å². The van der Waals surface area contributed by atoms with E-state index < -0.39 is 10.0 Å². The molecule has 1 aromatic rings. The van der Waals surface area contributed by atoms with Crippen molar-refractivity contribution in [3.63, 3.8) is 0 Å². The minimum atomic E-state index is -3.09. The SMILES string of the molecule is CC(NCCNS(C)(=O)=O)c1ccccn1. The Kier molecular flexibility index (Phi) is 4.85. The predicted octanol–water partition coefficient (Wildman–Crippen LogP) is 0.281. The molecular weight excluding hydrogens is 226 g/mol. The lowest BCUT2D eigenvalue weighted by molar-refractivity contribution is 0.549. The lowest BCUT2D eigenvalue weighted by atomic mass is 10.2. The first-order valence-electron chi connectivity index (χ1n) is 5.08.